The van der Waals surface area contributed by atoms with Crippen molar-refractivity contribution in [1.82, 2.24) is 0 Å². The van der Waals surface area contributed by atoms with Crippen LogP contribution in [-0.4, -0.2) is 11.8 Å². The molecule has 0 heterocycles. The monoisotopic (exact) mass is 177 g/mol. The van der Waals surface area contributed by atoms with Gasteiger partial charge in [-0.3, -0.25) is 0 Å². The Hall–Kier alpha value is -0.910. The lowest BCUT2D eigenvalue weighted by Crippen LogP contribution is -2.19. The van der Waals surface area contributed by atoms with Gasteiger partial charge in [0, 0.05) is 10.6 Å². The zero-order valence-corrected chi connectivity index (χ0v) is 7.55. The van der Waals surface area contributed by atoms with Crippen LogP contribution < -0.4 is 5.73 Å². The lowest BCUT2D eigenvalue weighted by atomic mass is 10.4. The molecule has 0 bridgehead atoms. The SMILES string of the molecule is C#CC(N)CSc1ccccc1. The van der Waals surface area contributed by atoms with E-state index in [0.29, 0.717) is 0 Å². The second-order valence-electron chi connectivity index (χ2n) is 2.40. The summed E-state index contributed by atoms with van der Waals surface area (Å²) in [6.07, 6.45) is 5.15. The predicted octanol–water partition coefficient (Wildman–Crippen LogP) is 1.74. The normalized spacial score (nSPS) is 12.0. The van der Waals surface area contributed by atoms with Gasteiger partial charge in [-0.1, -0.05) is 24.1 Å². The fourth-order valence-corrected chi connectivity index (χ4v) is 1.57. The maximum atomic E-state index is 5.56. The average molecular weight is 177 g/mol. The van der Waals surface area contributed by atoms with Crippen molar-refractivity contribution in [1.29, 1.82) is 0 Å². The van der Waals surface area contributed by atoms with Crippen molar-refractivity contribution in [3.8, 4) is 12.3 Å². The van der Waals surface area contributed by atoms with Crippen LogP contribution in [0.2, 0.25) is 0 Å². The van der Waals surface area contributed by atoms with Gasteiger partial charge in [0.15, 0.2) is 0 Å². The standard InChI is InChI=1S/C10H11NS/c1-2-9(11)8-12-10-6-4-3-5-7-10/h1,3-7,9H,8,11H2. The largest absolute Gasteiger partial charge is 0.317 e. The minimum atomic E-state index is -0.143. The van der Waals surface area contributed by atoms with Crippen molar-refractivity contribution in [3.05, 3.63) is 30.3 Å². The van der Waals surface area contributed by atoms with Gasteiger partial charge in [0.05, 0.1) is 6.04 Å². The molecule has 0 aliphatic carbocycles. The van der Waals surface area contributed by atoms with E-state index >= 15 is 0 Å². The highest BCUT2D eigenvalue weighted by Gasteiger charge is 1.97. The first-order chi connectivity index (χ1) is 5.83. The highest BCUT2D eigenvalue weighted by molar-refractivity contribution is 7.99. The molecule has 12 heavy (non-hydrogen) atoms. The zero-order valence-electron chi connectivity index (χ0n) is 6.73. The van der Waals surface area contributed by atoms with E-state index < -0.39 is 0 Å². The van der Waals surface area contributed by atoms with Crippen molar-refractivity contribution < 1.29 is 0 Å². The van der Waals surface area contributed by atoms with Crippen molar-refractivity contribution >= 4 is 11.8 Å². The van der Waals surface area contributed by atoms with Gasteiger partial charge in [-0.2, -0.15) is 0 Å². The van der Waals surface area contributed by atoms with Crippen LogP contribution in [-0.2, 0) is 0 Å². The van der Waals surface area contributed by atoms with Gasteiger partial charge in [0.1, 0.15) is 0 Å². The lowest BCUT2D eigenvalue weighted by molar-refractivity contribution is 0.975. The molecule has 1 aromatic carbocycles. The molecule has 0 saturated heterocycles. The van der Waals surface area contributed by atoms with Crippen LogP contribution in [0.4, 0.5) is 0 Å². The maximum Gasteiger partial charge on any atom is 0.0757 e. The molecule has 0 aliphatic rings. The van der Waals surface area contributed by atoms with Crippen LogP contribution in [0.15, 0.2) is 35.2 Å². The summed E-state index contributed by atoms with van der Waals surface area (Å²) in [5.74, 6) is 3.27. The van der Waals surface area contributed by atoms with Crippen molar-refractivity contribution in [3.63, 3.8) is 0 Å². The second-order valence-corrected chi connectivity index (χ2v) is 3.49. The Labute approximate surface area is 77.4 Å². The Morgan fingerprint density at radius 2 is 2.08 bits per heavy atom. The van der Waals surface area contributed by atoms with Gasteiger partial charge in [-0.15, -0.1) is 18.2 Å². The average Bonchev–Trinajstić information content (AvgIpc) is 2.16. The van der Waals surface area contributed by atoms with Crippen molar-refractivity contribution in [2.45, 2.75) is 10.9 Å². The lowest BCUT2D eigenvalue weighted by Gasteiger charge is -2.02. The molecule has 0 amide bonds. The summed E-state index contributed by atoms with van der Waals surface area (Å²) in [7, 11) is 0. The first-order valence-corrected chi connectivity index (χ1v) is 4.71. The molecule has 2 N–H and O–H groups in total. The van der Waals surface area contributed by atoms with E-state index in [1.807, 2.05) is 30.3 Å². The van der Waals surface area contributed by atoms with Gasteiger partial charge >= 0.3 is 0 Å². The fourth-order valence-electron chi connectivity index (χ4n) is 0.751. The minimum absolute atomic E-state index is 0.143. The van der Waals surface area contributed by atoms with Gasteiger partial charge < -0.3 is 5.73 Å². The van der Waals surface area contributed by atoms with E-state index in [0.717, 1.165) is 5.75 Å². The summed E-state index contributed by atoms with van der Waals surface area (Å²) in [4.78, 5) is 1.21. The third kappa shape index (κ3) is 3.00. The van der Waals surface area contributed by atoms with Crippen LogP contribution in [0.25, 0.3) is 0 Å². The van der Waals surface area contributed by atoms with Crippen LogP contribution >= 0.6 is 11.8 Å². The Bertz CT molecular complexity index is 263. The summed E-state index contributed by atoms with van der Waals surface area (Å²) in [6.45, 7) is 0. The molecule has 0 spiro atoms. The molecule has 0 saturated carbocycles. The summed E-state index contributed by atoms with van der Waals surface area (Å²) >= 11 is 1.69. The van der Waals surface area contributed by atoms with Gasteiger partial charge in [0.25, 0.3) is 0 Å². The first kappa shape index (κ1) is 9.18. The van der Waals surface area contributed by atoms with Crippen LogP contribution in [0.1, 0.15) is 0 Å². The number of terminal acetylenes is 1. The van der Waals surface area contributed by atoms with E-state index in [1.54, 1.807) is 11.8 Å². The van der Waals surface area contributed by atoms with Crippen LogP contribution in [0, 0.1) is 12.3 Å². The molecule has 2 heteroatoms. The molecule has 0 aliphatic heterocycles. The topological polar surface area (TPSA) is 26.0 Å². The molecular weight excluding hydrogens is 166 g/mol. The third-order valence-corrected chi connectivity index (χ3v) is 2.52. The molecule has 1 aromatic rings. The van der Waals surface area contributed by atoms with Gasteiger partial charge in [-0.05, 0) is 12.1 Å². The van der Waals surface area contributed by atoms with Crippen LogP contribution in [0.3, 0.4) is 0 Å². The predicted molar refractivity (Wildman–Crippen MR) is 54.0 cm³/mol. The van der Waals surface area contributed by atoms with E-state index in [9.17, 15) is 0 Å². The number of nitrogens with two attached hydrogens (primary N) is 1. The van der Waals surface area contributed by atoms with Crippen molar-refractivity contribution in [2.75, 3.05) is 5.75 Å². The highest BCUT2D eigenvalue weighted by atomic mass is 32.2. The second kappa shape index (κ2) is 4.87. The number of hydrogen-bond donors (Lipinski definition) is 1. The van der Waals surface area contributed by atoms with E-state index in [2.05, 4.69) is 5.92 Å². The van der Waals surface area contributed by atoms with Gasteiger partial charge in [0.2, 0.25) is 0 Å². The van der Waals surface area contributed by atoms with Crippen LogP contribution in [0.5, 0.6) is 0 Å². The molecular formula is C10H11NS. The Kier molecular flexibility index (Phi) is 3.72. The van der Waals surface area contributed by atoms with Crippen molar-refractivity contribution in [2.24, 2.45) is 5.73 Å². The number of thioether (sulfide) groups is 1. The van der Waals surface area contributed by atoms with Gasteiger partial charge in [-0.25, -0.2) is 0 Å². The summed E-state index contributed by atoms with van der Waals surface area (Å²) in [5, 5.41) is 0. The fraction of sp³-hybridized carbons (Fsp3) is 0.200. The number of hydrogen-bond acceptors (Lipinski definition) is 2. The highest BCUT2D eigenvalue weighted by Crippen LogP contribution is 2.16. The molecule has 1 unspecified atom stereocenters. The molecule has 1 atom stereocenters. The Balaban J connectivity index is 2.40. The smallest absolute Gasteiger partial charge is 0.0757 e. The Morgan fingerprint density at radius 1 is 1.42 bits per heavy atom. The summed E-state index contributed by atoms with van der Waals surface area (Å²) < 4.78 is 0. The summed E-state index contributed by atoms with van der Waals surface area (Å²) in [6, 6.07) is 9.95. The molecule has 1 rings (SSSR count). The molecule has 0 radical (unpaired) electrons. The maximum absolute atomic E-state index is 5.56. The third-order valence-electron chi connectivity index (χ3n) is 1.39. The molecule has 0 fully saturated rings. The Morgan fingerprint density at radius 3 is 2.67 bits per heavy atom. The quantitative estimate of drug-likeness (QED) is 0.562. The van der Waals surface area contributed by atoms with E-state index in [4.69, 9.17) is 12.2 Å². The number of rotatable bonds is 3. The number of benzene rings is 1. The summed E-state index contributed by atoms with van der Waals surface area (Å²) in [5.41, 5.74) is 5.56. The minimum Gasteiger partial charge on any atom is -0.317 e. The first-order valence-electron chi connectivity index (χ1n) is 3.72. The van der Waals surface area contributed by atoms with E-state index in [-0.39, 0.29) is 6.04 Å². The molecule has 1 nitrogen and oxygen atoms in total. The zero-order chi connectivity index (χ0) is 8.81. The molecule has 0 aromatic heterocycles. The molecule has 62 valence electrons. The van der Waals surface area contributed by atoms with E-state index in [1.165, 1.54) is 4.90 Å².